The number of urea groups is 1. The van der Waals surface area contributed by atoms with Crippen LogP contribution in [0.2, 0.25) is 0 Å². The Morgan fingerprint density at radius 2 is 1.85 bits per heavy atom. The molecule has 0 aromatic rings. The van der Waals surface area contributed by atoms with Crippen molar-refractivity contribution in [2.24, 2.45) is 5.92 Å². The Labute approximate surface area is 118 Å². The fourth-order valence-corrected chi connectivity index (χ4v) is 1.42. The van der Waals surface area contributed by atoms with Gasteiger partial charge in [0.15, 0.2) is 0 Å². The highest BCUT2D eigenvalue weighted by Gasteiger charge is 2.15. The van der Waals surface area contributed by atoms with Crippen molar-refractivity contribution in [2.45, 2.75) is 13.8 Å². The fraction of sp³-hybridized carbons (Fsp3) is 0.750. The van der Waals surface area contributed by atoms with Crippen LogP contribution in [0.15, 0.2) is 0 Å². The quantitative estimate of drug-likeness (QED) is 0.530. The molecule has 0 aromatic carbocycles. The number of rotatable bonds is 9. The Morgan fingerprint density at radius 1 is 1.20 bits per heavy atom. The summed E-state index contributed by atoms with van der Waals surface area (Å²) in [6.45, 7) is 4.62. The van der Waals surface area contributed by atoms with Crippen LogP contribution < -0.4 is 10.6 Å². The molecule has 20 heavy (non-hydrogen) atoms. The number of nitrogens with zero attached hydrogens (tertiary/aromatic N) is 1. The van der Waals surface area contributed by atoms with Gasteiger partial charge in [-0.3, -0.25) is 9.59 Å². The first-order valence-electron chi connectivity index (χ1n) is 6.37. The van der Waals surface area contributed by atoms with Gasteiger partial charge < -0.3 is 25.4 Å². The van der Waals surface area contributed by atoms with E-state index in [1.165, 1.54) is 0 Å². The average molecular weight is 289 g/mol. The Hall–Kier alpha value is -1.83. The normalized spacial score (nSPS) is 10.2. The molecule has 8 nitrogen and oxygen atoms in total. The lowest BCUT2D eigenvalue weighted by Crippen LogP contribution is -2.47. The number of carboxylic acids is 1. The van der Waals surface area contributed by atoms with Gasteiger partial charge in [0, 0.05) is 20.2 Å². The number of carbonyl (C=O) groups is 3. The first-order valence-corrected chi connectivity index (χ1v) is 6.37. The summed E-state index contributed by atoms with van der Waals surface area (Å²) < 4.78 is 4.93. The molecule has 0 spiro atoms. The minimum atomic E-state index is -1.13. The van der Waals surface area contributed by atoms with Gasteiger partial charge in [0.25, 0.3) is 0 Å². The van der Waals surface area contributed by atoms with Crippen LogP contribution in [0.1, 0.15) is 13.8 Å². The van der Waals surface area contributed by atoms with Crippen LogP contribution in [-0.2, 0) is 14.3 Å². The van der Waals surface area contributed by atoms with Crippen LogP contribution >= 0.6 is 0 Å². The van der Waals surface area contributed by atoms with Gasteiger partial charge in [0.1, 0.15) is 6.54 Å². The second-order valence-corrected chi connectivity index (χ2v) is 4.66. The van der Waals surface area contributed by atoms with E-state index >= 15 is 0 Å². The van der Waals surface area contributed by atoms with Crippen molar-refractivity contribution in [3.8, 4) is 0 Å². The molecule has 0 atom stereocenters. The third kappa shape index (κ3) is 9.15. The Balaban J connectivity index is 4.16. The third-order valence-electron chi connectivity index (χ3n) is 2.28. The summed E-state index contributed by atoms with van der Waals surface area (Å²) in [6, 6.07) is -0.374. The lowest BCUT2D eigenvalue weighted by atomic mass is 10.2. The topological polar surface area (TPSA) is 108 Å². The van der Waals surface area contributed by atoms with Crippen LogP contribution in [0.3, 0.4) is 0 Å². The number of carboxylic acid groups (broad SMARTS) is 1. The Morgan fingerprint density at radius 3 is 2.35 bits per heavy atom. The molecule has 0 heterocycles. The molecule has 0 rings (SSSR count). The van der Waals surface area contributed by atoms with Gasteiger partial charge in [-0.2, -0.15) is 0 Å². The van der Waals surface area contributed by atoms with Gasteiger partial charge >= 0.3 is 12.0 Å². The summed E-state index contributed by atoms with van der Waals surface area (Å²) in [7, 11) is 1.55. The van der Waals surface area contributed by atoms with E-state index in [0.29, 0.717) is 25.6 Å². The summed E-state index contributed by atoms with van der Waals surface area (Å²) in [4.78, 5) is 35.0. The fourth-order valence-electron chi connectivity index (χ4n) is 1.42. The predicted molar refractivity (Wildman–Crippen MR) is 72.3 cm³/mol. The molecule has 0 saturated heterocycles. The summed E-state index contributed by atoms with van der Waals surface area (Å²) in [5, 5.41) is 13.0. The molecule has 0 saturated carbocycles. The maximum atomic E-state index is 11.9. The number of hydrogen-bond acceptors (Lipinski definition) is 4. The van der Waals surface area contributed by atoms with Crippen LogP contribution in [0.4, 0.5) is 4.79 Å². The second-order valence-electron chi connectivity index (χ2n) is 4.66. The van der Waals surface area contributed by atoms with E-state index in [1.807, 2.05) is 13.8 Å². The molecule has 0 aliphatic rings. The average Bonchev–Trinajstić information content (AvgIpc) is 2.37. The van der Waals surface area contributed by atoms with Gasteiger partial charge in [-0.1, -0.05) is 13.8 Å². The number of ether oxygens (including phenoxy) is 1. The van der Waals surface area contributed by atoms with Crippen molar-refractivity contribution < 1.29 is 24.2 Å². The lowest BCUT2D eigenvalue weighted by Gasteiger charge is -2.24. The van der Waals surface area contributed by atoms with E-state index in [-0.39, 0.29) is 12.6 Å². The van der Waals surface area contributed by atoms with Crippen molar-refractivity contribution in [1.82, 2.24) is 15.5 Å². The van der Waals surface area contributed by atoms with Crippen molar-refractivity contribution in [1.29, 1.82) is 0 Å². The van der Waals surface area contributed by atoms with Crippen LogP contribution in [0, 0.1) is 5.92 Å². The van der Waals surface area contributed by atoms with E-state index in [1.54, 1.807) is 12.0 Å². The van der Waals surface area contributed by atoms with E-state index < -0.39 is 18.4 Å². The van der Waals surface area contributed by atoms with E-state index in [2.05, 4.69) is 10.6 Å². The van der Waals surface area contributed by atoms with Gasteiger partial charge in [0.2, 0.25) is 5.91 Å². The van der Waals surface area contributed by atoms with E-state index in [4.69, 9.17) is 9.84 Å². The lowest BCUT2D eigenvalue weighted by molar-refractivity contribution is -0.137. The van der Waals surface area contributed by atoms with Gasteiger partial charge in [-0.15, -0.1) is 0 Å². The molecule has 0 bridgehead atoms. The molecular formula is C12H23N3O5. The highest BCUT2D eigenvalue weighted by Crippen LogP contribution is 1.99. The zero-order valence-electron chi connectivity index (χ0n) is 12.1. The number of amides is 3. The zero-order chi connectivity index (χ0) is 15.5. The zero-order valence-corrected chi connectivity index (χ0v) is 12.1. The molecule has 0 aliphatic heterocycles. The second kappa shape index (κ2) is 10.0. The number of carbonyl (C=O) groups excluding carboxylic acids is 2. The van der Waals surface area contributed by atoms with Crippen LogP contribution in [-0.4, -0.2) is 67.8 Å². The first kappa shape index (κ1) is 18.2. The molecule has 3 amide bonds. The van der Waals surface area contributed by atoms with Crippen LogP contribution in [0.5, 0.6) is 0 Å². The van der Waals surface area contributed by atoms with E-state index in [0.717, 1.165) is 0 Å². The highest BCUT2D eigenvalue weighted by atomic mass is 16.5. The third-order valence-corrected chi connectivity index (χ3v) is 2.28. The van der Waals surface area contributed by atoms with Crippen molar-refractivity contribution in [3.05, 3.63) is 0 Å². The van der Waals surface area contributed by atoms with Gasteiger partial charge in [0.05, 0.1) is 13.2 Å². The standard InChI is InChI=1S/C12H23N3O5/c1-9(2)8-15(4-5-20-3)12(19)14-6-10(16)13-7-11(17)18/h9H,4-8H2,1-3H3,(H,13,16)(H,14,19)(H,17,18). The molecule has 0 fully saturated rings. The van der Waals surface area contributed by atoms with Crippen molar-refractivity contribution >= 4 is 17.9 Å². The van der Waals surface area contributed by atoms with Crippen molar-refractivity contribution in [2.75, 3.05) is 39.9 Å². The number of nitrogens with one attached hydrogen (secondary N) is 2. The number of methoxy groups -OCH3 is 1. The first-order chi connectivity index (χ1) is 9.36. The SMILES string of the molecule is COCCN(CC(C)C)C(=O)NCC(=O)NCC(=O)O. The molecule has 0 aromatic heterocycles. The summed E-state index contributed by atoms with van der Waals surface area (Å²) in [5.41, 5.74) is 0. The van der Waals surface area contributed by atoms with Gasteiger partial charge in [-0.05, 0) is 5.92 Å². The minimum Gasteiger partial charge on any atom is -0.480 e. The number of aliphatic carboxylic acids is 1. The van der Waals surface area contributed by atoms with E-state index in [9.17, 15) is 14.4 Å². The molecule has 3 N–H and O–H groups in total. The number of hydrogen-bond donors (Lipinski definition) is 3. The minimum absolute atomic E-state index is 0.256. The summed E-state index contributed by atoms with van der Waals surface area (Å²) in [6.07, 6.45) is 0. The Bertz CT molecular complexity index is 333. The molecule has 0 unspecified atom stereocenters. The molecule has 0 aliphatic carbocycles. The maximum Gasteiger partial charge on any atom is 0.322 e. The summed E-state index contributed by atoms with van der Waals surface area (Å²) >= 11 is 0. The monoisotopic (exact) mass is 289 g/mol. The van der Waals surface area contributed by atoms with Gasteiger partial charge in [-0.25, -0.2) is 4.79 Å². The molecule has 0 radical (unpaired) electrons. The molecular weight excluding hydrogens is 266 g/mol. The maximum absolute atomic E-state index is 11.9. The molecule has 8 heteroatoms. The molecule has 116 valence electrons. The van der Waals surface area contributed by atoms with Crippen molar-refractivity contribution in [3.63, 3.8) is 0 Å². The predicted octanol–water partition coefficient (Wildman–Crippen LogP) is -0.499. The largest absolute Gasteiger partial charge is 0.480 e. The summed E-state index contributed by atoms with van der Waals surface area (Å²) in [5.74, 6) is -1.39. The highest BCUT2D eigenvalue weighted by molar-refractivity contribution is 5.86. The van der Waals surface area contributed by atoms with Crippen LogP contribution in [0.25, 0.3) is 0 Å². The smallest absolute Gasteiger partial charge is 0.322 e. The Kier molecular flexibility index (Phi) is 9.10.